The van der Waals surface area contributed by atoms with Crippen LogP contribution in [0.3, 0.4) is 0 Å². The molecule has 1 saturated carbocycles. The van der Waals surface area contributed by atoms with Gasteiger partial charge in [-0.3, -0.25) is 4.98 Å². The molecule has 2 fully saturated rings. The zero-order chi connectivity index (χ0) is 11.3. The molecule has 2 heterocycles. The maximum absolute atomic E-state index is 10.9. The third-order valence-corrected chi connectivity index (χ3v) is 4.12. The summed E-state index contributed by atoms with van der Waals surface area (Å²) in [5.74, 6) is 0.470. The van der Waals surface area contributed by atoms with Crippen LogP contribution < -0.4 is 0 Å². The molecule has 1 aliphatic heterocycles. The Hall–Kier alpha value is -1.10. The summed E-state index contributed by atoms with van der Waals surface area (Å²) in [4.78, 5) is 16.8. The lowest BCUT2D eigenvalue weighted by molar-refractivity contribution is 0.149. The summed E-state index contributed by atoms with van der Waals surface area (Å²) in [6.45, 7) is 1.26. The molecule has 16 heavy (non-hydrogen) atoms. The summed E-state index contributed by atoms with van der Waals surface area (Å²) in [5, 5.41) is 8.96. The fraction of sp³-hybridized carbons (Fsp3) is 0.455. The maximum Gasteiger partial charge on any atom is 0.407 e. The number of hydrogen-bond acceptors (Lipinski definition) is 2. The number of nitrogens with zero attached hydrogens (tertiary/aromatic N) is 2. The molecule has 0 bridgehead atoms. The molecule has 5 heteroatoms. The van der Waals surface area contributed by atoms with Crippen molar-refractivity contribution >= 4 is 22.0 Å². The number of carboxylic acid groups (broad SMARTS) is 1. The van der Waals surface area contributed by atoms with E-state index in [1.165, 1.54) is 4.90 Å². The average molecular weight is 283 g/mol. The molecule has 84 valence electrons. The highest BCUT2D eigenvalue weighted by Gasteiger charge is 2.62. The highest BCUT2D eigenvalue weighted by molar-refractivity contribution is 9.10. The minimum Gasteiger partial charge on any atom is -0.465 e. The van der Waals surface area contributed by atoms with Crippen molar-refractivity contribution in [2.45, 2.75) is 11.8 Å². The smallest absolute Gasteiger partial charge is 0.407 e. The lowest BCUT2D eigenvalue weighted by Gasteiger charge is -2.17. The van der Waals surface area contributed by atoms with E-state index in [9.17, 15) is 4.79 Å². The van der Waals surface area contributed by atoms with Crippen molar-refractivity contribution < 1.29 is 9.90 Å². The lowest BCUT2D eigenvalue weighted by Crippen LogP contribution is -2.31. The Morgan fingerprint density at radius 1 is 1.62 bits per heavy atom. The number of piperidine rings is 1. The predicted molar refractivity (Wildman–Crippen MR) is 61.3 cm³/mol. The van der Waals surface area contributed by atoms with Crippen molar-refractivity contribution in [1.29, 1.82) is 0 Å². The zero-order valence-corrected chi connectivity index (χ0v) is 10.1. The maximum atomic E-state index is 10.9. The highest BCUT2D eigenvalue weighted by atomic mass is 79.9. The Kier molecular flexibility index (Phi) is 2.01. The zero-order valence-electron chi connectivity index (χ0n) is 8.56. The molecule has 1 aromatic heterocycles. The van der Waals surface area contributed by atoms with Crippen molar-refractivity contribution in [3.63, 3.8) is 0 Å². The Labute approximate surface area is 101 Å². The van der Waals surface area contributed by atoms with E-state index >= 15 is 0 Å². The fourth-order valence-electron chi connectivity index (χ4n) is 2.70. The molecule has 0 radical (unpaired) electrons. The van der Waals surface area contributed by atoms with E-state index in [4.69, 9.17) is 5.11 Å². The molecule has 1 aliphatic carbocycles. The number of fused-ring (bicyclic) bond motifs is 1. The molecule has 2 unspecified atom stereocenters. The van der Waals surface area contributed by atoms with Crippen molar-refractivity contribution in [1.82, 2.24) is 9.88 Å². The van der Waals surface area contributed by atoms with Crippen LogP contribution in [0, 0.1) is 5.92 Å². The van der Waals surface area contributed by atoms with Gasteiger partial charge in [-0.05, 0) is 40.4 Å². The highest BCUT2D eigenvalue weighted by Crippen LogP contribution is 2.58. The van der Waals surface area contributed by atoms with Crippen LogP contribution in [-0.4, -0.2) is 34.2 Å². The van der Waals surface area contributed by atoms with Gasteiger partial charge in [-0.15, -0.1) is 0 Å². The van der Waals surface area contributed by atoms with Gasteiger partial charge in [-0.2, -0.15) is 0 Å². The van der Waals surface area contributed by atoms with Gasteiger partial charge in [0, 0.05) is 34.9 Å². The molecule has 0 aromatic carbocycles. The first kappa shape index (κ1) is 10.1. The van der Waals surface area contributed by atoms with Crippen molar-refractivity contribution in [2.24, 2.45) is 5.92 Å². The molecule has 2 atom stereocenters. The number of carbonyl (C=O) groups is 1. The molecular formula is C11H11BrN2O2. The Morgan fingerprint density at radius 2 is 2.44 bits per heavy atom. The third-order valence-electron chi connectivity index (χ3n) is 3.65. The first-order chi connectivity index (χ1) is 7.62. The van der Waals surface area contributed by atoms with Crippen LogP contribution in [0.25, 0.3) is 0 Å². The summed E-state index contributed by atoms with van der Waals surface area (Å²) in [5.41, 5.74) is 1.04. The van der Waals surface area contributed by atoms with Crippen LogP contribution >= 0.6 is 15.9 Å². The number of hydrogen-bond donors (Lipinski definition) is 1. The number of amides is 1. The normalized spacial score (nSPS) is 31.3. The minimum absolute atomic E-state index is 0.0130. The molecule has 1 N–H and O–H groups in total. The summed E-state index contributed by atoms with van der Waals surface area (Å²) >= 11 is 3.35. The molecular weight excluding hydrogens is 272 g/mol. The largest absolute Gasteiger partial charge is 0.465 e. The van der Waals surface area contributed by atoms with Crippen LogP contribution in [0.2, 0.25) is 0 Å². The van der Waals surface area contributed by atoms with Crippen molar-refractivity contribution in [3.05, 3.63) is 28.5 Å². The first-order valence-electron chi connectivity index (χ1n) is 5.22. The molecule has 2 aliphatic rings. The SMILES string of the molecule is O=C(O)N1CC2CC2(c2ccc(Br)cn2)C1. The Bertz CT molecular complexity index is 448. The summed E-state index contributed by atoms with van der Waals surface area (Å²) in [6, 6.07) is 3.96. The number of halogens is 1. The van der Waals surface area contributed by atoms with Gasteiger partial charge in [-0.25, -0.2) is 4.79 Å². The number of rotatable bonds is 1. The first-order valence-corrected chi connectivity index (χ1v) is 6.01. The van der Waals surface area contributed by atoms with Crippen LogP contribution in [0.15, 0.2) is 22.8 Å². The van der Waals surface area contributed by atoms with E-state index in [2.05, 4.69) is 20.9 Å². The van der Waals surface area contributed by atoms with Crippen LogP contribution in [-0.2, 0) is 5.41 Å². The van der Waals surface area contributed by atoms with Gasteiger partial charge in [0.15, 0.2) is 0 Å². The van der Waals surface area contributed by atoms with Crippen molar-refractivity contribution in [2.75, 3.05) is 13.1 Å². The van der Waals surface area contributed by atoms with Crippen LogP contribution in [0.5, 0.6) is 0 Å². The molecule has 1 aromatic rings. The average Bonchev–Trinajstić information content (AvgIpc) is 2.82. The second-order valence-electron chi connectivity index (χ2n) is 4.58. The second kappa shape index (κ2) is 3.20. The van der Waals surface area contributed by atoms with Gasteiger partial charge in [0.2, 0.25) is 0 Å². The second-order valence-corrected chi connectivity index (χ2v) is 5.50. The molecule has 0 spiro atoms. The standard InChI is InChI=1S/C11H11BrN2O2/c12-8-1-2-9(13-4-8)11-3-7(11)5-14(6-11)10(15)16/h1-2,4,7H,3,5-6H2,(H,15,16). The van der Waals surface area contributed by atoms with Crippen LogP contribution in [0.4, 0.5) is 4.79 Å². The number of likely N-dealkylation sites (tertiary alicyclic amines) is 1. The molecule has 1 saturated heterocycles. The number of pyridine rings is 1. The Balaban J connectivity index is 1.87. The van der Waals surface area contributed by atoms with Gasteiger partial charge in [0.25, 0.3) is 0 Å². The van der Waals surface area contributed by atoms with E-state index in [1.54, 1.807) is 6.20 Å². The Morgan fingerprint density at radius 3 is 3.00 bits per heavy atom. The van der Waals surface area contributed by atoms with Crippen molar-refractivity contribution in [3.8, 4) is 0 Å². The molecule has 1 amide bonds. The molecule has 3 rings (SSSR count). The topological polar surface area (TPSA) is 53.4 Å². The van der Waals surface area contributed by atoms with E-state index in [0.717, 1.165) is 16.6 Å². The van der Waals surface area contributed by atoms with Crippen LogP contribution in [0.1, 0.15) is 12.1 Å². The number of aromatic nitrogens is 1. The minimum atomic E-state index is -0.816. The molecule has 4 nitrogen and oxygen atoms in total. The third kappa shape index (κ3) is 1.34. The van der Waals surface area contributed by atoms with E-state index in [0.29, 0.717) is 19.0 Å². The van der Waals surface area contributed by atoms with Gasteiger partial charge in [-0.1, -0.05) is 0 Å². The van der Waals surface area contributed by atoms with Gasteiger partial charge >= 0.3 is 6.09 Å². The van der Waals surface area contributed by atoms with E-state index < -0.39 is 6.09 Å². The van der Waals surface area contributed by atoms with Gasteiger partial charge in [0.1, 0.15) is 0 Å². The van der Waals surface area contributed by atoms with Gasteiger partial charge < -0.3 is 10.0 Å². The predicted octanol–water partition coefficient (Wildman–Crippen LogP) is 2.10. The van der Waals surface area contributed by atoms with E-state index in [1.807, 2.05) is 12.1 Å². The summed E-state index contributed by atoms with van der Waals surface area (Å²) in [7, 11) is 0. The van der Waals surface area contributed by atoms with E-state index in [-0.39, 0.29) is 5.41 Å². The summed E-state index contributed by atoms with van der Waals surface area (Å²) in [6.07, 6.45) is 2.04. The quantitative estimate of drug-likeness (QED) is 0.858. The lowest BCUT2D eigenvalue weighted by atomic mass is 10.0. The van der Waals surface area contributed by atoms with Gasteiger partial charge in [0.05, 0.1) is 0 Å². The monoisotopic (exact) mass is 282 g/mol. The fourth-order valence-corrected chi connectivity index (χ4v) is 2.93. The summed E-state index contributed by atoms with van der Waals surface area (Å²) < 4.78 is 0.956.